The zero-order valence-corrected chi connectivity index (χ0v) is 93.5. The summed E-state index contributed by atoms with van der Waals surface area (Å²) >= 11 is 0. The SMILES string of the molecule is CC(C)(C)C(=O)OCC1C2CC3C1OC(=O)C3C2C(=O)OC1(C)C2CC3CC(C2)CC1C3.CC(C)(C)C(F)(F)CC(O)COCC12CC3CC(C1)C(O)C(C3)C2.CC(C)(C)C(F)(F)CC(O)COCC12CC3CC(CC(O)(C3)C1)C2.CC1(OC(=O)C2C3CC4C(OC(=O)C42)C3COC(=O)C(C)(C)C)CCCCC1.CCC1(OC(=O)C2C3CC4C(OC(=O)C42)C3COC(=O)C(C)(C)C)C2CC3CC(C2)CC1C3.COC(=O)C(C)(C)C. The molecule has 3 heterocycles. The van der Waals surface area contributed by atoms with Crippen molar-refractivity contribution in [3.8, 4) is 0 Å². The largest absolute Gasteiger partial charge is 0.469 e. The molecule has 0 aromatic heterocycles. The molecule has 3 aliphatic heterocycles. The molecule has 0 aromatic carbocycles. The zero-order chi connectivity index (χ0) is 108. The van der Waals surface area contributed by atoms with Crippen LogP contribution in [0.4, 0.5) is 17.6 Å². The predicted molar refractivity (Wildman–Crippen MR) is 540 cm³/mol. The summed E-state index contributed by atoms with van der Waals surface area (Å²) in [5.41, 5.74) is -6.07. The van der Waals surface area contributed by atoms with Crippen molar-refractivity contribution in [3.05, 3.63) is 0 Å². The second kappa shape index (κ2) is 41.5. The van der Waals surface area contributed by atoms with Gasteiger partial charge in [-0.05, 0) is 389 Å². The van der Waals surface area contributed by atoms with Crippen LogP contribution in [0.15, 0.2) is 0 Å². The number of esters is 10. The van der Waals surface area contributed by atoms with Crippen LogP contribution in [0.1, 0.15) is 351 Å². The Morgan fingerprint density at radius 1 is 0.403 bits per heavy atom. The highest BCUT2D eigenvalue weighted by molar-refractivity contribution is 5.88. The molecule has 26 rings (SSSR count). The summed E-state index contributed by atoms with van der Waals surface area (Å²) in [6.07, 6.45) is 27.4. The number of aliphatic hydroxyl groups is 4. The maximum Gasteiger partial charge on any atom is 0.311 e. The van der Waals surface area contributed by atoms with Crippen LogP contribution in [-0.2, 0) is 105 Å². The monoisotopic (exact) mass is 2100 g/mol. The molecule has 24 unspecified atom stereocenters. The summed E-state index contributed by atoms with van der Waals surface area (Å²) in [7, 11) is 1.40. The van der Waals surface area contributed by atoms with Crippen LogP contribution in [0, 0.1) is 209 Å². The Labute approximate surface area is 882 Å². The van der Waals surface area contributed by atoms with Gasteiger partial charge in [-0.1, -0.05) is 54.9 Å². The number of methoxy groups -OCH3 is 1. The van der Waals surface area contributed by atoms with E-state index in [1.54, 1.807) is 0 Å². The number of ether oxygens (including phenoxy) is 12. The quantitative estimate of drug-likeness (QED) is 0.0375. The smallest absolute Gasteiger partial charge is 0.311 e. The topological polar surface area (TPSA) is 362 Å². The van der Waals surface area contributed by atoms with E-state index in [0.717, 1.165) is 139 Å². The van der Waals surface area contributed by atoms with Gasteiger partial charge in [-0.3, -0.25) is 47.9 Å². The summed E-state index contributed by atoms with van der Waals surface area (Å²) in [5, 5.41) is 40.9. The number of fused-ring (bicyclic) bond motifs is 3. The molecule has 0 amide bonds. The number of carbonyl (C=O) groups is 10. The minimum atomic E-state index is -2.92. The van der Waals surface area contributed by atoms with Crippen molar-refractivity contribution in [2.75, 3.05) is 53.4 Å². The second-order valence-corrected chi connectivity index (χ2v) is 59.0. The number of aliphatic hydroxyl groups excluding tert-OH is 3. The standard InChI is InChI=1S/C27H38O6.C26H36O6.C22H32O6.2C19H32F2O3.C6H12O2/c1-5-27(15-7-13-6-14(9-15)10-16(27)8-13)33-24(29)20-17-11-18-21(20)23(28)32-22(18)19(17)12-31-25(30)26(2,3)4;1-25(2,3)24(29)30-11-18-16-10-17-20(22(27)31-21(17)18)19(16)23(28)32-26(4)14-6-12-5-13(8-14)9-15(26)7-12;1-21(2,3)20(25)26-11-14-12-10-13-16(18(23)27-17(13)14)15(12)19(24)28-22(4)8-6-5-7-9-22;1-16(2,3)19(20,21)9-15(22)10-24-12-17-5-13-4-14(6-17)8-18(23,7-13)11-17;1-17(2,3)19(20,21)9-15(22)10-24-11-18-6-12-4-13(7-18)16(23)14(5-12)8-18;1-6(2,3)5(7)8-4/h13-22H,5-12H2,1-4H3;12-21H,5-11H2,1-4H3;12-17H,5-11H2,1-4H3;13-15,22-23H,4-12H2,1-3H3;12-16,22-23H,4-11H2,1-3H3;1-4H3. The second-order valence-electron chi connectivity index (χ2n) is 59.0. The molecule has 26 nitrogen and oxygen atoms in total. The summed E-state index contributed by atoms with van der Waals surface area (Å²) < 4.78 is 125. The van der Waals surface area contributed by atoms with Crippen LogP contribution in [0.2, 0.25) is 0 Å². The number of halogens is 4. The van der Waals surface area contributed by atoms with E-state index in [4.69, 9.17) is 52.1 Å². The third kappa shape index (κ3) is 22.8. The van der Waals surface area contributed by atoms with Crippen molar-refractivity contribution in [3.63, 3.8) is 0 Å². The minimum Gasteiger partial charge on any atom is -0.469 e. The number of rotatable bonds is 25. The van der Waals surface area contributed by atoms with Gasteiger partial charge in [0.05, 0.1) is 134 Å². The molecule has 842 valence electrons. The fourth-order valence-corrected chi connectivity index (χ4v) is 35.1. The molecule has 30 heteroatoms. The Balaban J connectivity index is 0.000000125. The molecule has 0 radical (unpaired) electrons. The van der Waals surface area contributed by atoms with Gasteiger partial charge in [0, 0.05) is 59.2 Å². The molecule has 0 aromatic rings. The first-order chi connectivity index (χ1) is 69.2. The molecule has 0 spiro atoms. The van der Waals surface area contributed by atoms with Gasteiger partial charge in [0.15, 0.2) is 0 Å². The van der Waals surface area contributed by atoms with Crippen molar-refractivity contribution < 1.29 is 143 Å². The van der Waals surface area contributed by atoms with Gasteiger partial charge in [0.25, 0.3) is 11.8 Å². The lowest BCUT2D eigenvalue weighted by Gasteiger charge is -2.60. The third-order valence-corrected chi connectivity index (χ3v) is 41.8. The lowest BCUT2D eigenvalue weighted by molar-refractivity contribution is -0.217. The Morgan fingerprint density at radius 2 is 0.738 bits per heavy atom. The summed E-state index contributed by atoms with van der Waals surface area (Å²) in [5.74, 6) is -3.35. The Hall–Kier alpha value is -5.82. The van der Waals surface area contributed by atoms with E-state index >= 15 is 0 Å². The zero-order valence-electron chi connectivity index (χ0n) is 93.5. The van der Waals surface area contributed by atoms with Gasteiger partial charge in [-0.25, -0.2) is 17.6 Å². The van der Waals surface area contributed by atoms with Gasteiger partial charge in [0.2, 0.25) is 0 Å². The highest BCUT2D eigenvalue weighted by atomic mass is 19.3. The van der Waals surface area contributed by atoms with E-state index in [2.05, 4.69) is 18.6 Å². The van der Waals surface area contributed by atoms with Crippen molar-refractivity contribution in [2.45, 2.75) is 422 Å². The summed E-state index contributed by atoms with van der Waals surface area (Å²) in [6, 6.07) is 0. The normalized spacial score (nSPS) is 42.2. The van der Waals surface area contributed by atoms with Gasteiger partial charge in [-0.15, -0.1) is 0 Å². The molecular weight excluding hydrogens is 1920 g/mol. The Morgan fingerprint density at radius 3 is 1.07 bits per heavy atom. The van der Waals surface area contributed by atoms with Crippen molar-refractivity contribution >= 4 is 59.7 Å². The maximum atomic E-state index is 14.0. The van der Waals surface area contributed by atoms with Crippen LogP contribution in [0.25, 0.3) is 0 Å². The molecule has 23 saturated carbocycles. The third-order valence-electron chi connectivity index (χ3n) is 41.8. The Kier molecular flexibility index (Phi) is 31.8. The van der Waals surface area contributed by atoms with E-state index in [9.17, 15) is 85.9 Å². The van der Waals surface area contributed by atoms with E-state index in [-0.39, 0.29) is 210 Å². The van der Waals surface area contributed by atoms with Crippen LogP contribution in [0.5, 0.6) is 0 Å². The number of alkyl halides is 4. The van der Waals surface area contributed by atoms with Gasteiger partial charge in [0.1, 0.15) is 35.1 Å². The first kappa shape index (κ1) is 114. The van der Waals surface area contributed by atoms with Crippen molar-refractivity contribution in [1.29, 1.82) is 0 Å². The van der Waals surface area contributed by atoms with Crippen molar-refractivity contribution in [1.82, 2.24) is 0 Å². The highest BCUT2D eigenvalue weighted by Crippen LogP contribution is 2.70. The molecule has 26 fully saturated rings. The van der Waals surface area contributed by atoms with Crippen LogP contribution in [0.3, 0.4) is 0 Å². The van der Waals surface area contributed by atoms with Gasteiger partial charge in [-0.2, -0.15) is 0 Å². The molecule has 24 atom stereocenters. The highest BCUT2D eigenvalue weighted by Gasteiger charge is 2.74. The number of carbonyl (C=O) groups excluding carboxylic acids is 10. The Bertz CT molecular complexity index is 4790. The fraction of sp³-hybridized carbons (Fsp3) is 0.916. The van der Waals surface area contributed by atoms with Crippen molar-refractivity contribution in [2.24, 2.45) is 209 Å². The molecule has 23 aliphatic carbocycles. The summed E-state index contributed by atoms with van der Waals surface area (Å²) in [6.45, 7) is 38.6. The number of hydrogen-bond acceptors (Lipinski definition) is 26. The molecule has 4 N–H and O–H groups in total. The average molecular weight is 2100 g/mol. The molecular formula is C119H182F4O26. The lowest BCUT2D eigenvalue weighted by Crippen LogP contribution is -2.60. The first-order valence-electron chi connectivity index (χ1n) is 57.8. The van der Waals surface area contributed by atoms with Crippen LogP contribution >= 0.6 is 0 Å². The van der Waals surface area contributed by atoms with Crippen LogP contribution in [-0.4, -0.2) is 204 Å². The van der Waals surface area contributed by atoms with Gasteiger partial charge >= 0.3 is 59.7 Å². The maximum absolute atomic E-state index is 14.0. The van der Waals surface area contributed by atoms with E-state index in [1.165, 1.54) is 126 Å². The molecule has 22 bridgehead atoms. The van der Waals surface area contributed by atoms with E-state index in [1.807, 2.05) is 90.0 Å². The average Bonchev–Trinajstić information content (AvgIpc) is 1.60. The molecule has 3 saturated heterocycles. The van der Waals surface area contributed by atoms with E-state index < -0.39 is 98.5 Å². The van der Waals surface area contributed by atoms with Gasteiger partial charge < -0.3 is 77.3 Å². The fourth-order valence-electron chi connectivity index (χ4n) is 35.1. The summed E-state index contributed by atoms with van der Waals surface area (Å²) in [4.78, 5) is 126. The molecule has 149 heavy (non-hydrogen) atoms. The van der Waals surface area contributed by atoms with E-state index in [0.29, 0.717) is 66.5 Å². The number of hydrogen-bond donors (Lipinski definition) is 4. The molecule has 26 aliphatic rings. The lowest BCUT2D eigenvalue weighted by atomic mass is 9.48. The predicted octanol–water partition coefficient (Wildman–Crippen LogP) is 19.8. The minimum absolute atomic E-state index is 0.00883. The first-order valence-corrected chi connectivity index (χ1v) is 57.8. The van der Waals surface area contributed by atoms with Crippen LogP contribution < -0.4 is 0 Å².